The quantitative estimate of drug-likeness (QED) is 0.430. The minimum atomic E-state index is -0.0707. The van der Waals surface area contributed by atoms with Crippen LogP contribution in [0.2, 0.25) is 0 Å². The predicted octanol–water partition coefficient (Wildman–Crippen LogP) is 5.66. The van der Waals surface area contributed by atoms with Gasteiger partial charge in [0.2, 0.25) is 0 Å². The summed E-state index contributed by atoms with van der Waals surface area (Å²) in [5, 5.41) is 3.06. The molecule has 3 aromatic rings. The van der Waals surface area contributed by atoms with E-state index in [-0.39, 0.29) is 18.3 Å². The molecule has 33 heavy (non-hydrogen) atoms. The van der Waals surface area contributed by atoms with E-state index in [2.05, 4.69) is 75.9 Å². The minimum Gasteiger partial charge on any atom is -0.373 e. The molecule has 2 heterocycles. The average Bonchev–Trinajstić information content (AvgIpc) is 3.02. The molecule has 0 atom stereocenters. The lowest BCUT2D eigenvalue weighted by Gasteiger charge is -2.34. The topological polar surface area (TPSA) is 45.2 Å². The van der Waals surface area contributed by atoms with Crippen LogP contribution in [0.1, 0.15) is 51.9 Å². The largest absolute Gasteiger partial charge is 0.373 e. The molecular weight excluding hydrogens is 430 g/mol. The molecule has 5 rings (SSSR count). The van der Waals surface area contributed by atoms with Gasteiger partial charge in [-0.1, -0.05) is 60.7 Å². The number of allylic oxidation sites excluding steroid dienone is 1. The first-order valence-electron chi connectivity index (χ1n) is 11.3. The van der Waals surface area contributed by atoms with Crippen molar-refractivity contribution in [3.63, 3.8) is 0 Å². The van der Waals surface area contributed by atoms with Crippen molar-refractivity contribution in [3.8, 4) is 0 Å². The smallest absolute Gasteiger partial charge is 0.252 e. The Balaban J connectivity index is 0.00000259. The number of rotatable bonds is 4. The number of likely N-dealkylation sites (tertiary alicyclic amines) is 1. The van der Waals surface area contributed by atoms with E-state index in [1.54, 1.807) is 24.5 Å². The van der Waals surface area contributed by atoms with Crippen molar-refractivity contribution in [2.24, 2.45) is 0 Å². The fourth-order valence-corrected chi connectivity index (χ4v) is 4.70. The molecule has 5 heteroatoms. The Bertz CT molecular complexity index is 1140. The van der Waals surface area contributed by atoms with Gasteiger partial charge in [0.15, 0.2) is 0 Å². The summed E-state index contributed by atoms with van der Waals surface area (Å²) >= 11 is 0. The first kappa shape index (κ1) is 22.8. The van der Waals surface area contributed by atoms with Crippen LogP contribution in [0.4, 0.5) is 0 Å². The molecule has 1 aliphatic carbocycles. The molecule has 1 aromatic heterocycles. The molecule has 0 saturated carbocycles. The Morgan fingerprint density at radius 1 is 0.909 bits per heavy atom. The van der Waals surface area contributed by atoms with Gasteiger partial charge in [-0.15, -0.1) is 12.4 Å². The zero-order valence-electron chi connectivity index (χ0n) is 18.5. The second kappa shape index (κ2) is 10.5. The van der Waals surface area contributed by atoms with Crippen molar-refractivity contribution in [2.75, 3.05) is 19.6 Å². The van der Waals surface area contributed by atoms with E-state index in [1.165, 1.54) is 46.4 Å². The van der Waals surface area contributed by atoms with Crippen molar-refractivity contribution in [1.82, 2.24) is 15.2 Å². The van der Waals surface area contributed by atoms with Crippen molar-refractivity contribution in [2.45, 2.75) is 19.3 Å². The van der Waals surface area contributed by atoms with Crippen LogP contribution >= 0.6 is 12.4 Å². The normalized spacial score (nSPS) is 14.6. The molecule has 0 spiro atoms. The molecule has 168 valence electrons. The van der Waals surface area contributed by atoms with E-state index in [9.17, 15) is 4.79 Å². The number of benzene rings is 2. The van der Waals surface area contributed by atoms with Crippen LogP contribution in [0, 0.1) is 0 Å². The Morgan fingerprint density at radius 2 is 1.61 bits per heavy atom. The highest BCUT2D eigenvalue weighted by Gasteiger charge is 2.24. The number of pyridine rings is 1. The lowest BCUT2D eigenvalue weighted by molar-refractivity contribution is 0.0949. The zero-order valence-corrected chi connectivity index (χ0v) is 19.4. The number of carbonyl (C=O) groups is 1. The summed E-state index contributed by atoms with van der Waals surface area (Å²) in [5.41, 5.74) is 8.39. The van der Waals surface area contributed by atoms with Gasteiger partial charge in [-0.3, -0.25) is 9.78 Å². The van der Waals surface area contributed by atoms with Crippen molar-refractivity contribution >= 4 is 36.0 Å². The maximum Gasteiger partial charge on any atom is 0.252 e. The standard InChI is InChI=1S/C28H27N3O.ClH/c32-28(23-10-7-16-29-20-23)30-17-19-31-18-6-5-13-26(31)27-24-11-3-1-8-21(24)14-15-22-9-2-4-12-25(22)27;/h1-4,7-12,14-16,20H,5-6,13,17-19H2,(H,30,32);1H. The van der Waals surface area contributed by atoms with Gasteiger partial charge in [-0.05, 0) is 53.6 Å². The van der Waals surface area contributed by atoms with Crippen LogP contribution < -0.4 is 5.32 Å². The van der Waals surface area contributed by atoms with Crippen molar-refractivity contribution in [1.29, 1.82) is 0 Å². The van der Waals surface area contributed by atoms with Gasteiger partial charge in [0.25, 0.3) is 5.91 Å². The summed E-state index contributed by atoms with van der Waals surface area (Å²) in [7, 11) is 0. The number of fused-ring (bicyclic) bond motifs is 2. The van der Waals surface area contributed by atoms with E-state index in [1.807, 2.05) is 0 Å². The summed E-state index contributed by atoms with van der Waals surface area (Å²) in [6.07, 6.45) is 11.2. The lowest BCUT2D eigenvalue weighted by Crippen LogP contribution is -2.37. The second-order valence-corrected chi connectivity index (χ2v) is 8.27. The van der Waals surface area contributed by atoms with Gasteiger partial charge in [-0.2, -0.15) is 0 Å². The molecule has 1 amide bonds. The minimum absolute atomic E-state index is 0. The summed E-state index contributed by atoms with van der Waals surface area (Å²) in [6.45, 7) is 2.41. The zero-order chi connectivity index (χ0) is 21.8. The molecule has 2 aromatic carbocycles. The highest BCUT2D eigenvalue weighted by Crippen LogP contribution is 2.39. The monoisotopic (exact) mass is 457 g/mol. The van der Waals surface area contributed by atoms with Crippen LogP contribution in [-0.2, 0) is 0 Å². The molecule has 1 N–H and O–H groups in total. The number of hydrogen-bond donors (Lipinski definition) is 1. The fourth-order valence-electron chi connectivity index (χ4n) is 4.70. The Morgan fingerprint density at radius 3 is 2.27 bits per heavy atom. The third-order valence-corrected chi connectivity index (χ3v) is 6.26. The maximum absolute atomic E-state index is 12.5. The van der Waals surface area contributed by atoms with E-state index in [4.69, 9.17) is 0 Å². The lowest BCUT2D eigenvalue weighted by atomic mass is 9.89. The third-order valence-electron chi connectivity index (χ3n) is 6.26. The van der Waals surface area contributed by atoms with Crippen molar-refractivity contribution < 1.29 is 4.79 Å². The van der Waals surface area contributed by atoms with Crippen LogP contribution in [0.3, 0.4) is 0 Å². The van der Waals surface area contributed by atoms with Gasteiger partial charge < -0.3 is 10.2 Å². The summed E-state index contributed by atoms with van der Waals surface area (Å²) in [6, 6.07) is 20.9. The highest BCUT2D eigenvalue weighted by molar-refractivity contribution is 5.95. The molecule has 4 nitrogen and oxygen atoms in total. The Hall–Kier alpha value is -3.37. The van der Waals surface area contributed by atoms with Crippen LogP contribution in [0.5, 0.6) is 0 Å². The number of carbonyl (C=O) groups excluding carboxylic acids is 1. The SMILES string of the molecule is Cl.O=C(NCCN1CCCCC1=C1c2ccccc2C=Cc2ccccc21)c1cccnc1. The molecule has 1 fully saturated rings. The number of aromatic nitrogens is 1. The van der Waals surface area contributed by atoms with Gasteiger partial charge in [-0.25, -0.2) is 0 Å². The predicted molar refractivity (Wildman–Crippen MR) is 137 cm³/mol. The molecular formula is C28H28ClN3O. The van der Waals surface area contributed by atoms with Gasteiger partial charge in [0.05, 0.1) is 5.56 Å². The Labute approximate surface area is 201 Å². The molecule has 0 radical (unpaired) electrons. The molecule has 2 aliphatic rings. The number of halogens is 1. The third kappa shape index (κ3) is 4.86. The van der Waals surface area contributed by atoms with Gasteiger partial charge in [0.1, 0.15) is 0 Å². The number of hydrogen-bond acceptors (Lipinski definition) is 3. The van der Waals surface area contributed by atoms with E-state index in [0.29, 0.717) is 12.1 Å². The highest BCUT2D eigenvalue weighted by atomic mass is 35.5. The van der Waals surface area contributed by atoms with E-state index >= 15 is 0 Å². The van der Waals surface area contributed by atoms with Gasteiger partial charge >= 0.3 is 0 Å². The second-order valence-electron chi connectivity index (χ2n) is 8.27. The summed E-state index contributed by atoms with van der Waals surface area (Å²) in [5.74, 6) is -0.0707. The van der Waals surface area contributed by atoms with Crippen molar-refractivity contribution in [3.05, 3.63) is 107 Å². The number of piperidine rings is 1. The number of nitrogens with one attached hydrogen (secondary N) is 1. The summed E-state index contributed by atoms with van der Waals surface area (Å²) < 4.78 is 0. The average molecular weight is 458 g/mol. The van der Waals surface area contributed by atoms with E-state index < -0.39 is 0 Å². The molecule has 0 bridgehead atoms. The maximum atomic E-state index is 12.5. The molecule has 1 saturated heterocycles. The number of nitrogens with zero attached hydrogens (tertiary/aromatic N) is 2. The molecule has 1 aliphatic heterocycles. The fraction of sp³-hybridized carbons (Fsp3) is 0.214. The Kier molecular flexibility index (Phi) is 7.26. The first-order valence-corrected chi connectivity index (χ1v) is 11.3. The molecule has 0 unspecified atom stereocenters. The van der Waals surface area contributed by atoms with Gasteiger partial charge in [0, 0.05) is 43.3 Å². The van der Waals surface area contributed by atoms with Crippen LogP contribution in [0.15, 0.2) is 78.8 Å². The first-order chi connectivity index (χ1) is 15.8. The van der Waals surface area contributed by atoms with E-state index in [0.717, 1.165) is 19.5 Å². The summed E-state index contributed by atoms with van der Waals surface area (Å²) in [4.78, 5) is 19.0. The van der Waals surface area contributed by atoms with Crippen LogP contribution in [-0.4, -0.2) is 35.4 Å². The number of amides is 1. The van der Waals surface area contributed by atoms with Crippen LogP contribution in [0.25, 0.3) is 17.7 Å².